The van der Waals surface area contributed by atoms with Crippen molar-refractivity contribution in [1.29, 1.82) is 0 Å². The fourth-order valence-corrected chi connectivity index (χ4v) is 5.64. The van der Waals surface area contributed by atoms with Gasteiger partial charge in [0.05, 0.1) is 42.1 Å². The van der Waals surface area contributed by atoms with Crippen molar-refractivity contribution < 1.29 is 35.9 Å². The van der Waals surface area contributed by atoms with Crippen molar-refractivity contribution in [2.45, 2.75) is 62.7 Å². The maximum absolute atomic E-state index is 13.6. The standard InChI is InChI=1S/C24H27F6N7O3/c25-23(26,27)14-11-31-22(32-12-14)36-8-6-35(7-9-36)19(38)10-15-3-4-18(40-15)16-2-1-5-37(16)17-13-33-34-21(39)20(17)24(28,29)30/h11-13,15-16,18H,1-10H2,(H,34,39)/t15-,16+,18-/m1/s1. The molecule has 1 amide bonds. The molecule has 40 heavy (non-hydrogen) atoms. The quantitative estimate of drug-likeness (QED) is 0.543. The molecule has 0 unspecified atom stereocenters. The Kier molecular flexibility index (Phi) is 7.63. The second kappa shape index (κ2) is 10.9. The van der Waals surface area contributed by atoms with Crippen molar-refractivity contribution in [3.05, 3.63) is 40.1 Å². The van der Waals surface area contributed by atoms with E-state index in [1.54, 1.807) is 14.7 Å². The van der Waals surface area contributed by atoms with Crippen LogP contribution in [0.25, 0.3) is 0 Å². The number of halogens is 6. The number of aromatic nitrogens is 4. The average Bonchev–Trinajstić information content (AvgIpc) is 3.57. The number of carbonyl (C=O) groups excluding carboxylic acids is 1. The van der Waals surface area contributed by atoms with Crippen molar-refractivity contribution in [3.63, 3.8) is 0 Å². The molecule has 3 atom stereocenters. The zero-order valence-electron chi connectivity index (χ0n) is 21.2. The van der Waals surface area contributed by atoms with Crippen LogP contribution in [0.2, 0.25) is 0 Å². The Morgan fingerprint density at radius 1 is 0.950 bits per heavy atom. The third-order valence-corrected chi connectivity index (χ3v) is 7.58. The van der Waals surface area contributed by atoms with E-state index in [1.807, 2.05) is 5.10 Å². The third-order valence-electron chi connectivity index (χ3n) is 7.58. The molecular weight excluding hydrogens is 548 g/mol. The second-order valence-corrected chi connectivity index (χ2v) is 10.1. The van der Waals surface area contributed by atoms with Crippen LogP contribution in [0.5, 0.6) is 0 Å². The molecule has 3 fully saturated rings. The van der Waals surface area contributed by atoms with Crippen LogP contribution in [0.1, 0.15) is 43.2 Å². The maximum Gasteiger partial charge on any atom is 0.423 e. The number of piperazine rings is 1. The lowest BCUT2D eigenvalue weighted by Gasteiger charge is -2.35. The first-order valence-corrected chi connectivity index (χ1v) is 12.9. The summed E-state index contributed by atoms with van der Waals surface area (Å²) in [5.74, 6) is 0.0209. The number of anilines is 2. The van der Waals surface area contributed by atoms with Crippen molar-refractivity contribution in [2.75, 3.05) is 42.5 Å². The maximum atomic E-state index is 13.6. The minimum Gasteiger partial charge on any atom is -0.372 e. The predicted octanol–water partition coefficient (Wildman–Crippen LogP) is 2.85. The lowest BCUT2D eigenvalue weighted by Crippen LogP contribution is -2.49. The van der Waals surface area contributed by atoms with Crippen molar-refractivity contribution in [3.8, 4) is 0 Å². The number of amides is 1. The number of hydrogen-bond donors (Lipinski definition) is 1. The summed E-state index contributed by atoms with van der Waals surface area (Å²) in [6.45, 7) is 1.72. The Bertz CT molecular complexity index is 1260. The van der Waals surface area contributed by atoms with Gasteiger partial charge in [-0.15, -0.1) is 0 Å². The number of aromatic amines is 1. The summed E-state index contributed by atoms with van der Waals surface area (Å²) in [4.78, 5) is 37.4. The van der Waals surface area contributed by atoms with Crippen molar-refractivity contribution >= 4 is 17.5 Å². The third kappa shape index (κ3) is 5.86. The number of ether oxygens (including phenoxy) is 1. The van der Waals surface area contributed by atoms with Crippen LogP contribution in [0.3, 0.4) is 0 Å². The van der Waals surface area contributed by atoms with Crippen LogP contribution >= 0.6 is 0 Å². The van der Waals surface area contributed by atoms with E-state index in [0.29, 0.717) is 58.4 Å². The van der Waals surface area contributed by atoms with E-state index in [4.69, 9.17) is 4.74 Å². The van der Waals surface area contributed by atoms with E-state index in [-0.39, 0.29) is 30.0 Å². The van der Waals surface area contributed by atoms with E-state index in [9.17, 15) is 35.9 Å². The van der Waals surface area contributed by atoms with Gasteiger partial charge in [-0.05, 0) is 25.7 Å². The molecule has 3 saturated heterocycles. The van der Waals surface area contributed by atoms with Gasteiger partial charge in [-0.1, -0.05) is 0 Å². The molecule has 2 aromatic rings. The Hall–Kier alpha value is -3.43. The van der Waals surface area contributed by atoms with Gasteiger partial charge in [0.1, 0.15) is 5.56 Å². The molecule has 0 radical (unpaired) electrons. The normalized spacial score (nSPS) is 24.1. The number of nitrogens with zero attached hydrogens (tertiary/aromatic N) is 6. The molecule has 3 aliphatic heterocycles. The molecule has 3 aliphatic rings. The highest BCUT2D eigenvalue weighted by molar-refractivity contribution is 5.77. The fraction of sp³-hybridized carbons (Fsp3) is 0.625. The summed E-state index contributed by atoms with van der Waals surface area (Å²) in [6, 6.07) is -0.378. The van der Waals surface area contributed by atoms with E-state index in [2.05, 4.69) is 15.1 Å². The van der Waals surface area contributed by atoms with Crippen LogP contribution in [0.15, 0.2) is 23.4 Å². The first kappa shape index (κ1) is 28.1. The smallest absolute Gasteiger partial charge is 0.372 e. The number of carbonyl (C=O) groups is 1. The van der Waals surface area contributed by atoms with E-state index < -0.39 is 41.2 Å². The average molecular weight is 576 g/mol. The molecule has 0 spiro atoms. The summed E-state index contributed by atoms with van der Waals surface area (Å²) in [6.07, 6.45) is -5.20. The van der Waals surface area contributed by atoms with Gasteiger partial charge in [0.15, 0.2) is 0 Å². The molecule has 5 rings (SSSR count). The monoisotopic (exact) mass is 575 g/mol. The number of hydrogen-bond acceptors (Lipinski definition) is 8. The van der Waals surface area contributed by atoms with Crippen LogP contribution in [0.4, 0.5) is 38.0 Å². The Morgan fingerprint density at radius 2 is 1.65 bits per heavy atom. The van der Waals surface area contributed by atoms with Crippen LogP contribution in [0, 0.1) is 0 Å². The van der Waals surface area contributed by atoms with Gasteiger partial charge in [0.2, 0.25) is 11.9 Å². The Balaban J connectivity index is 1.15. The van der Waals surface area contributed by atoms with Gasteiger partial charge in [0.25, 0.3) is 5.56 Å². The molecule has 0 aliphatic carbocycles. The van der Waals surface area contributed by atoms with E-state index in [0.717, 1.165) is 18.6 Å². The highest BCUT2D eigenvalue weighted by atomic mass is 19.4. The van der Waals surface area contributed by atoms with Crippen LogP contribution < -0.4 is 15.4 Å². The minimum atomic E-state index is -4.84. The summed E-state index contributed by atoms with van der Waals surface area (Å²) in [5.41, 5.74) is -3.77. The molecule has 2 aromatic heterocycles. The molecule has 0 bridgehead atoms. The highest BCUT2D eigenvalue weighted by Crippen LogP contribution is 2.39. The molecule has 1 N–H and O–H groups in total. The topological polar surface area (TPSA) is 108 Å². The van der Waals surface area contributed by atoms with Gasteiger partial charge < -0.3 is 19.4 Å². The van der Waals surface area contributed by atoms with Crippen molar-refractivity contribution in [2.24, 2.45) is 0 Å². The van der Waals surface area contributed by atoms with Gasteiger partial charge in [-0.3, -0.25) is 9.59 Å². The molecule has 218 valence electrons. The van der Waals surface area contributed by atoms with Gasteiger partial charge in [-0.2, -0.15) is 31.4 Å². The largest absolute Gasteiger partial charge is 0.423 e. The van der Waals surface area contributed by atoms with Gasteiger partial charge in [0, 0.05) is 45.1 Å². The van der Waals surface area contributed by atoms with Crippen LogP contribution in [-0.4, -0.2) is 81.9 Å². The van der Waals surface area contributed by atoms with E-state index >= 15 is 0 Å². The predicted molar refractivity (Wildman–Crippen MR) is 129 cm³/mol. The second-order valence-electron chi connectivity index (χ2n) is 10.1. The molecule has 10 nitrogen and oxygen atoms in total. The number of nitrogens with one attached hydrogen (secondary N) is 1. The number of rotatable bonds is 5. The van der Waals surface area contributed by atoms with Gasteiger partial charge >= 0.3 is 12.4 Å². The highest BCUT2D eigenvalue weighted by Gasteiger charge is 2.44. The minimum absolute atomic E-state index is 0.111. The lowest BCUT2D eigenvalue weighted by molar-refractivity contribution is -0.139. The SMILES string of the molecule is O=C(C[C@H]1CC[C@H]([C@@H]2CCCN2c2cn[nH]c(=O)c2C(F)(F)F)O1)N1CCN(c2ncc(C(F)(F)F)cn2)CC1. The first-order chi connectivity index (χ1) is 18.9. The molecule has 16 heteroatoms. The fourth-order valence-electron chi connectivity index (χ4n) is 5.64. The Morgan fingerprint density at radius 3 is 2.30 bits per heavy atom. The lowest BCUT2D eigenvalue weighted by atomic mass is 10.0. The van der Waals surface area contributed by atoms with Crippen LogP contribution in [-0.2, 0) is 21.9 Å². The zero-order chi connectivity index (χ0) is 28.7. The summed E-state index contributed by atoms with van der Waals surface area (Å²) in [7, 11) is 0. The summed E-state index contributed by atoms with van der Waals surface area (Å²) < 4.78 is 85.3. The molecule has 5 heterocycles. The Labute approximate surface area is 224 Å². The molecule has 0 saturated carbocycles. The summed E-state index contributed by atoms with van der Waals surface area (Å²) in [5, 5.41) is 5.44. The first-order valence-electron chi connectivity index (χ1n) is 12.9. The zero-order valence-corrected chi connectivity index (χ0v) is 21.2. The summed E-state index contributed by atoms with van der Waals surface area (Å²) >= 11 is 0. The van der Waals surface area contributed by atoms with Gasteiger partial charge in [-0.25, -0.2) is 15.1 Å². The number of alkyl halides is 6. The number of H-pyrrole nitrogens is 1. The molecular formula is C24H27F6N7O3. The van der Waals surface area contributed by atoms with E-state index in [1.165, 1.54) is 0 Å². The molecule has 0 aromatic carbocycles. The van der Waals surface area contributed by atoms with Crippen molar-refractivity contribution in [1.82, 2.24) is 25.1 Å².